The Labute approximate surface area is 199 Å². The number of thiophene rings is 1. The Bertz CT molecular complexity index is 1070. The van der Waals surface area contributed by atoms with E-state index in [2.05, 4.69) is 36.3 Å². The Morgan fingerprint density at radius 1 is 1.09 bits per heavy atom. The van der Waals surface area contributed by atoms with E-state index in [4.69, 9.17) is 9.47 Å². The summed E-state index contributed by atoms with van der Waals surface area (Å²) in [6.45, 7) is 2.03. The molecule has 2 aromatic heterocycles. The molecular formula is C23H25BrN4O3S. The molecule has 0 saturated carbocycles. The first kappa shape index (κ1) is 22.5. The molecule has 0 atom stereocenters. The maximum absolute atomic E-state index is 12.7. The molecule has 3 heterocycles. The summed E-state index contributed by atoms with van der Waals surface area (Å²) in [5.74, 6) is 2.28. The summed E-state index contributed by atoms with van der Waals surface area (Å²) in [7, 11) is 3.21. The largest absolute Gasteiger partial charge is 0.493 e. The fourth-order valence-electron chi connectivity index (χ4n) is 3.77. The number of carbonyl (C=O) groups excluding carboxylic acids is 1. The van der Waals surface area contributed by atoms with Crippen molar-refractivity contribution in [3.63, 3.8) is 0 Å². The van der Waals surface area contributed by atoms with Crippen molar-refractivity contribution in [2.45, 2.75) is 19.4 Å². The Balaban J connectivity index is 1.28. The molecule has 0 bridgehead atoms. The number of methoxy groups -OCH3 is 2. The molecule has 1 amide bonds. The van der Waals surface area contributed by atoms with Crippen LogP contribution in [-0.4, -0.2) is 43.4 Å². The van der Waals surface area contributed by atoms with Gasteiger partial charge in [-0.2, -0.15) is 0 Å². The topological polar surface area (TPSA) is 76.6 Å². The van der Waals surface area contributed by atoms with Crippen molar-refractivity contribution >= 4 is 39.0 Å². The lowest BCUT2D eigenvalue weighted by Crippen LogP contribution is -2.40. The van der Waals surface area contributed by atoms with E-state index in [0.717, 1.165) is 51.7 Å². The van der Waals surface area contributed by atoms with Gasteiger partial charge in [-0.05, 0) is 70.7 Å². The number of aromatic nitrogens is 2. The van der Waals surface area contributed by atoms with Crippen LogP contribution < -0.4 is 19.7 Å². The quantitative estimate of drug-likeness (QED) is 0.497. The summed E-state index contributed by atoms with van der Waals surface area (Å²) in [5.41, 5.74) is 1.84. The standard InChI is InChI=1S/C23H25BrN4O3S/c1-30-18-5-3-15(13-19(18)31-2)14-25-23(29)16-9-11-28(12-10-16)22-8-4-17(26-27-22)20-6-7-21(24)32-20/h3-8,13,16H,9-12,14H2,1-2H3,(H,25,29). The molecule has 9 heteroatoms. The summed E-state index contributed by atoms with van der Waals surface area (Å²) in [6, 6.07) is 13.7. The van der Waals surface area contributed by atoms with Crippen LogP contribution in [0.5, 0.6) is 11.5 Å². The van der Waals surface area contributed by atoms with Crippen molar-refractivity contribution in [3.05, 3.63) is 51.8 Å². The van der Waals surface area contributed by atoms with Gasteiger partial charge < -0.3 is 19.7 Å². The van der Waals surface area contributed by atoms with Gasteiger partial charge in [-0.15, -0.1) is 21.5 Å². The van der Waals surface area contributed by atoms with Crippen molar-refractivity contribution < 1.29 is 14.3 Å². The molecule has 32 heavy (non-hydrogen) atoms. The number of hydrogen-bond acceptors (Lipinski definition) is 7. The predicted molar refractivity (Wildman–Crippen MR) is 129 cm³/mol. The maximum atomic E-state index is 12.7. The van der Waals surface area contributed by atoms with Crippen molar-refractivity contribution in [3.8, 4) is 22.1 Å². The lowest BCUT2D eigenvalue weighted by molar-refractivity contribution is -0.125. The Hall–Kier alpha value is -2.65. The molecule has 3 aromatic rings. The number of hydrogen-bond donors (Lipinski definition) is 1. The van der Waals surface area contributed by atoms with Crippen LogP contribution in [0.15, 0.2) is 46.3 Å². The van der Waals surface area contributed by atoms with E-state index < -0.39 is 0 Å². The molecule has 1 saturated heterocycles. The van der Waals surface area contributed by atoms with E-state index in [0.29, 0.717) is 18.0 Å². The number of benzene rings is 1. The molecular weight excluding hydrogens is 492 g/mol. The van der Waals surface area contributed by atoms with Crippen LogP contribution in [-0.2, 0) is 11.3 Å². The normalized spacial score (nSPS) is 14.3. The summed E-state index contributed by atoms with van der Waals surface area (Å²) in [4.78, 5) is 16.0. The van der Waals surface area contributed by atoms with E-state index in [1.54, 1.807) is 25.6 Å². The lowest BCUT2D eigenvalue weighted by atomic mass is 9.96. The average molecular weight is 517 g/mol. The Morgan fingerprint density at radius 3 is 2.50 bits per heavy atom. The van der Waals surface area contributed by atoms with Crippen LogP contribution in [0.2, 0.25) is 0 Å². The highest BCUT2D eigenvalue weighted by Gasteiger charge is 2.25. The van der Waals surface area contributed by atoms with Gasteiger partial charge in [0, 0.05) is 25.6 Å². The number of nitrogens with zero attached hydrogens (tertiary/aromatic N) is 3. The van der Waals surface area contributed by atoms with Crippen LogP contribution in [0, 0.1) is 5.92 Å². The number of carbonyl (C=O) groups is 1. The molecule has 1 aliphatic rings. The van der Waals surface area contributed by atoms with Gasteiger partial charge in [0.15, 0.2) is 17.3 Å². The summed E-state index contributed by atoms with van der Waals surface area (Å²) >= 11 is 5.11. The van der Waals surface area contributed by atoms with Gasteiger partial charge >= 0.3 is 0 Å². The van der Waals surface area contributed by atoms with E-state index in [1.165, 1.54) is 0 Å². The second kappa shape index (κ2) is 10.3. The third-order valence-corrected chi connectivity index (χ3v) is 7.23. The highest BCUT2D eigenvalue weighted by atomic mass is 79.9. The van der Waals surface area contributed by atoms with Gasteiger partial charge in [-0.3, -0.25) is 4.79 Å². The third-order valence-electron chi connectivity index (χ3n) is 5.58. The number of halogens is 1. The summed E-state index contributed by atoms with van der Waals surface area (Å²) in [6.07, 6.45) is 1.58. The molecule has 1 N–H and O–H groups in total. The minimum atomic E-state index is 0.00194. The van der Waals surface area contributed by atoms with Gasteiger partial charge in [0.25, 0.3) is 0 Å². The number of anilines is 1. The Kier molecular flexibility index (Phi) is 7.26. The number of ether oxygens (including phenoxy) is 2. The Morgan fingerprint density at radius 2 is 1.88 bits per heavy atom. The van der Waals surface area contributed by atoms with Gasteiger partial charge in [0.2, 0.25) is 5.91 Å². The number of amides is 1. The number of nitrogens with one attached hydrogen (secondary N) is 1. The molecule has 0 radical (unpaired) electrons. The number of rotatable bonds is 7. The molecule has 0 spiro atoms. The SMILES string of the molecule is COc1ccc(CNC(=O)C2CCN(c3ccc(-c4ccc(Br)s4)nn3)CC2)cc1OC. The van der Waals surface area contributed by atoms with E-state index in [9.17, 15) is 4.79 Å². The minimum absolute atomic E-state index is 0.00194. The van der Waals surface area contributed by atoms with Crippen LogP contribution >= 0.6 is 27.3 Å². The summed E-state index contributed by atoms with van der Waals surface area (Å²) in [5, 5.41) is 11.8. The third kappa shape index (κ3) is 5.21. The minimum Gasteiger partial charge on any atom is -0.493 e. The second-order valence-corrected chi connectivity index (χ2v) is 10.0. The number of piperidine rings is 1. The predicted octanol–water partition coefficient (Wildman–Crippen LogP) is 4.52. The monoisotopic (exact) mass is 516 g/mol. The lowest BCUT2D eigenvalue weighted by Gasteiger charge is -2.31. The molecule has 0 unspecified atom stereocenters. The van der Waals surface area contributed by atoms with Gasteiger partial charge in [0.1, 0.15) is 5.69 Å². The van der Waals surface area contributed by atoms with E-state index in [-0.39, 0.29) is 11.8 Å². The molecule has 168 valence electrons. The van der Waals surface area contributed by atoms with Crippen molar-refractivity contribution in [2.75, 3.05) is 32.2 Å². The van der Waals surface area contributed by atoms with Crippen LogP contribution in [0.4, 0.5) is 5.82 Å². The molecule has 1 aromatic carbocycles. The molecule has 1 fully saturated rings. The first-order valence-corrected chi connectivity index (χ1v) is 12.0. The van der Waals surface area contributed by atoms with Crippen LogP contribution in [0.3, 0.4) is 0 Å². The van der Waals surface area contributed by atoms with Crippen LogP contribution in [0.1, 0.15) is 18.4 Å². The highest BCUT2D eigenvalue weighted by Crippen LogP contribution is 2.31. The highest BCUT2D eigenvalue weighted by molar-refractivity contribution is 9.11. The second-order valence-electron chi connectivity index (χ2n) is 7.55. The fraction of sp³-hybridized carbons (Fsp3) is 0.348. The van der Waals surface area contributed by atoms with Gasteiger partial charge in [-0.25, -0.2) is 0 Å². The van der Waals surface area contributed by atoms with Gasteiger partial charge in [-0.1, -0.05) is 6.07 Å². The smallest absolute Gasteiger partial charge is 0.223 e. The average Bonchev–Trinajstić information content (AvgIpc) is 3.28. The molecule has 1 aliphatic heterocycles. The van der Waals surface area contributed by atoms with Crippen molar-refractivity contribution in [2.24, 2.45) is 5.92 Å². The summed E-state index contributed by atoms with van der Waals surface area (Å²) < 4.78 is 11.7. The van der Waals surface area contributed by atoms with Gasteiger partial charge in [0.05, 0.1) is 22.9 Å². The van der Waals surface area contributed by atoms with E-state index >= 15 is 0 Å². The molecule has 7 nitrogen and oxygen atoms in total. The first-order valence-electron chi connectivity index (χ1n) is 10.4. The van der Waals surface area contributed by atoms with Crippen molar-refractivity contribution in [1.82, 2.24) is 15.5 Å². The molecule has 0 aliphatic carbocycles. The molecule has 4 rings (SSSR count). The fourth-order valence-corrected chi connectivity index (χ4v) is 5.12. The zero-order chi connectivity index (χ0) is 22.5. The maximum Gasteiger partial charge on any atom is 0.223 e. The van der Waals surface area contributed by atoms with Crippen LogP contribution in [0.25, 0.3) is 10.6 Å². The zero-order valence-corrected chi connectivity index (χ0v) is 20.4. The van der Waals surface area contributed by atoms with Crippen molar-refractivity contribution in [1.29, 1.82) is 0 Å². The first-order chi connectivity index (χ1) is 15.6. The van der Waals surface area contributed by atoms with E-state index in [1.807, 2.05) is 42.5 Å². The zero-order valence-electron chi connectivity index (χ0n) is 18.0.